The molecule has 0 spiro atoms. The number of hydrogen-bond donors (Lipinski definition) is 0. The fraction of sp³-hybridized carbons (Fsp3) is 0.645. The molecule has 5 rings (SSSR count). The fourth-order valence-corrected chi connectivity index (χ4v) is 12.7. The van der Waals surface area contributed by atoms with E-state index in [4.69, 9.17) is 18.1 Å². The first-order valence-corrected chi connectivity index (χ1v) is 30.1. The molecule has 0 saturated heterocycles. The molecule has 0 aromatic heterocycles. The highest BCUT2D eigenvalue weighted by Crippen LogP contribution is 2.55. The first kappa shape index (κ1) is 61.4. The Kier molecular flexibility index (Phi) is 24.5. The largest absolute Gasteiger partial charge is 0.427 e. The maximum atomic E-state index is 7.56. The van der Waals surface area contributed by atoms with Gasteiger partial charge in [-0.25, -0.2) is 9.34 Å². The predicted molar refractivity (Wildman–Crippen MR) is 308 cm³/mol. The molecule has 0 amide bonds. The minimum Gasteiger partial charge on any atom is -0.427 e. The van der Waals surface area contributed by atoms with Crippen molar-refractivity contribution in [2.24, 2.45) is 5.41 Å². The third kappa shape index (κ3) is 15.3. The molecule has 0 saturated carbocycles. The number of rotatable bonds is 19. The van der Waals surface area contributed by atoms with E-state index < -0.39 is 17.1 Å². The molecule has 8 heteroatoms. The van der Waals surface area contributed by atoms with Gasteiger partial charge in [-0.3, -0.25) is 0 Å². The molecular formula is C62H102N2O4P2. The second kappa shape index (κ2) is 28.0. The zero-order valence-electron chi connectivity index (χ0n) is 48.9. The lowest BCUT2D eigenvalue weighted by Gasteiger charge is -2.37. The number of benzene rings is 3. The van der Waals surface area contributed by atoms with Crippen LogP contribution in [-0.2, 0) is 47.5 Å². The van der Waals surface area contributed by atoms with Gasteiger partial charge >= 0.3 is 17.1 Å². The molecule has 0 N–H and O–H groups in total. The lowest BCUT2D eigenvalue weighted by Crippen LogP contribution is -2.30. The standard InChI is InChI=1S/C58H90N2O4P2.2C2H6/c1-19-27-46-42(21-3)30-34-50(57(13,14)15)54(46)63-65(61-52-38-41(20-2)28-33-49(52)56(10,11)12)59(24-6)36-26-37-60(25-7)66-62-53-45(40(8)9)32-29-43(22-4)47(53)39-48-44(23-5)31-35-51(55(48)64-66)58(16,17)18;2*1-2/h29-32,34-35,38,40H,19-28,33,36-37,39H2,1-18H3;2*1-2H3. The van der Waals surface area contributed by atoms with Gasteiger partial charge in [-0.05, 0) is 113 Å². The molecule has 2 aliphatic rings. The van der Waals surface area contributed by atoms with Crippen LogP contribution in [0, 0.1) is 5.41 Å². The van der Waals surface area contributed by atoms with E-state index in [0.717, 1.165) is 113 Å². The van der Waals surface area contributed by atoms with Crippen molar-refractivity contribution >= 4 is 17.1 Å². The van der Waals surface area contributed by atoms with E-state index in [0.29, 0.717) is 5.92 Å². The average Bonchev–Trinajstić information content (AvgIpc) is 3.31. The summed E-state index contributed by atoms with van der Waals surface area (Å²) in [6.07, 6.45) is 12.1. The van der Waals surface area contributed by atoms with Crippen molar-refractivity contribution < 1.29 is 18.1 Å². The molecule has 2 unspecified atom stereocenters. The molecular weight excluding hydrogens is 899 g/mol. The normalized spacial score (nSPS) is 15.6. The number of fused-ring (bicyclic) bond motifs is 2. The molecule has 0 bridgehead atoms. The smallest absolute Gasteiger partial charge is 0.384 e. The molecule has 394 valence electrons. The third-order valence-electron chi connectivity index (χ3n) is 13.7. The minimum atomic E-state index is -1.54. The Morgan fingerprint density at radius 3 is 1.70 bits per heavy atom. The molecule has 0 fully saturated rings. The third-order valence-corrected chi connectivity index (χ3v) is 17.0. The molecule has 6 nitrogen and oxygen atoms in total. The van der Waals surface area contributed by atoms with Crippen molar-refractivity contribution in [1.29, 1.82) is 0 Å². The summed E-state index contributed by atoms with van der Waals surface area (Å²) in [7, 11) is -3.05. The van der Waals surface area contributed by atoms with Gasteiger partial charge in [0.25, 0.3) is 0 Å². The topological polar surface area (TPSA) is 43.4 Å². The van der Waals surface area contributed by atoms with Crippen LogP contribution in [0.15, 0.2) is 59.4 Å². The van der Waals surface area contributed by atoms with E-state index in [1.54, 1.807) is 0 Å². The van der Waals surface area contributed by atoms with Gasteiger partial charge in [-0.1, -0.05) is 201 Å². The number of hydrogen-bond acceptors (Lipinski definition) is 6. The second-order valence-electron chi connectivity index (χ2n) is 22.0. The SMILES string of the molecule is CC.CC.CCCc1c(CC)ccc(C(C)(C)C)c1OP(OC1=C(C(C)(C)C)CCC(CC)=C1)N(CC)CCCN(CC)P1Oc2c(C(C)C)ccc(CC)c2Cc2c(CC)ccc(C(C)(C)C)c2O1. The lowest BCUT2D eigenvalue weighted by atomic mass is 9.79. The van der Waals surface area contributed by atoms with Crippen LogP contribution in [0.2, 0.25) is 0 Å². The summed E-state index contributed by atoms with van der Waals surface area (Å²) in [5.74, 6) is 4.41. The number of nitrogens with zero attached hydrogens (tertiary/aromatic N) is 2. The summed E-state index contributed by atoms with van der Waals surface area (Å²) in [5, 5.41) is 0. The summed E-state index contributed by atoms with van der Waals surface area (Å²) < 4.78 is 34.8. The molecule has 1 aliphatic heterocycles. The fourth-order valence-electron chi connectivity index (χ4n) is 9.65. The number of aryl methyl sites for hydroxylation is 3. The quantitative estimate of drug-likeness (QED) is 0.112. The van der Waals surface area contributed by atoms with Gasteiger partial charge in [0.1, 0.15) is 23.0 Å². The van der Waals surface area contributed by atoms with Gasteiger partial charge in [-0.2, -0.15) is 0 Å². The zero-order valence-corrected chi connectivity index (χ0v) is 50.7. The first-order chi connectivity index (χ1) is 33.1. The van der Waals surface area contributed by atoms with Crippen molar-refractivity contribution in [3.8, 4) is 17.2 Å². The Labute approximate surface area is 434 Å². The van der Waals surface area contributed by atoms with E-state index in [2.05, 4.69) is 176 Å². The van der Waals surface area contributed by atoms with Crippen LogP contribution in [0.3, 0.4) is 0 Å². The highest BCUT2D eigenvalue weighted by Gasteiger charge is 2.37. The molecule has 3 aromatic carbocycles. The van der Waals surface area contributed by atoms with Crippen molar-refractivity contribution in [1.82, 2.24) is 9.34 Å². The Morgan fingerprint density at radius 1 is 0.629 bits per heavy atom. The summed E-state index contributed by atoms with van der Waals surface area (Å²) in [6, 6.07) is 14.0. The van der Waals surface area contributed by atoms with E-state index in [1.807, 2.05) is 27.7 Å². The van der Waals surface area contributed by atoms with Gasteiger partial charge in [0.15, 0.2) is 0 Å². The molecule has 70 heavy (non-hydrogen) atoms. The highest BCUT2D eigenvalue weighted by molar-refractivity contribution is 7.45. The van der Waals surface area contributed by atoms with E-state index in [-0.39, 0.29) is 16.2 Å². The Bertz CT molecular complexity index is 2170. The van der Waals surface area contributed by atoms with E-state index in [1.165, 1.54) is 61.2 Å². The van der Waals surface area contributed by atoms with Gasteiger partial charge in [0.05, 0.1) is 0 Å². The van der Waals surface area contributed by atoms with Crippen molar-refractivity contribution in [2.75, 3.05) is 26.2 Å². The molecule has 0 radical (unpaired) electrons. The molecule has 1 heterocycles. The van der Waals surface area contributed by atoms with Crippen LogP contribution in [0.5, 0.6) is 17.2 Å². The van der Waals surface area contributed by atoms with Crippen LogP contribution in [0.25, 0.3) is 0 Å². The maximum absolute atomic E-state index is 7.56. The van der Waals surface area contributed by atoms with Crippen molar-refractivity contribution in [2.45, 2.75) is 233 Å². The first-order valence-electron chi connectivity index (χ1n) is 27.8. The van der Waals surface area contributed by atoms with Crippen molar-refractivity contribution in [3.63, 3.8) is 0 Å². The molecule has 2 atom stereocenters. The van der Waals surface area contributed by atoms with Gasteiger partial charge in [-0.15, -0.1) is 0 Å². The van der Waals surface area contributed by atoms with E-state index >= 15 is 0 Å². The minimum absolute atomic E-state index is 0.0219. The van der Waals surface area contributed by atoms with Crippen LogP contribution in [0.1, 0.15) is 240 Å². The summed E-state index contributed by atoms with van der Waals surface area (Å²) >= 11 is 0. The Hall–Kier alpha value is -2.88. The average molecular weight is 1000 g/mol. The van der Waals surface area contributed by atoms with Gasteiger partial charge in [0.2, 0.25) is 0 Å². The van der Waals surface area contributed by atoms with Crippen LogP contribution in [-0.4, -0.2) is 35.5 Å². The Morgan fingerprint density at radius 2 is 1.19 bits per heavy atom. The number of allylic oxidation sites excluding steroid dienone is 3. The Balaban J connectivity index is 0.00000316. The molecule has 1 aliphatic carbocycles. The van der Waals surface area contributed by atoms with Gasteiger partial charge < -0.3 is 18.1 Å². The second-order valence-corrected chi connectivity index (χ2v) is 24.8. The summed E-state index contributed by atoms with van der Waals surface area (Å²) in [6.45, 7) is 52.6. The highest BCUT2D eigenvalue weighted by atomic mass is 31.2. The van der Waals surface area contributed by atoms with Crippen LogP contribution >= 0.6 is 17.1 Å². The monoisotopic (exact) mass is 1000 g/mol. The summed E-state index contributed by atoms with van der Waals surface area (Å²) in [4.78, 5) is 0. The van der Waals surface area contributed by atoms with Crippen LogP contribution < -0.4 is 13.6 Å². The van der Waals surface area contributed by atoms with E-state index in [9.17, 15) is 0 Å². The maximum Gasteiger partial charge on any atom is 0.384 e. The molecule has 3 aromatic rings. The van der Waals surface area contributed by atoms with Crippen LogP contribution in [0.4, 0.5) is 0 Å². The lowest BCUT2D eigenvalue weighted by molar-refractivity contribution is 0.294. The van der Waals surface area contributed by atoms with Gasteiger partial charge in [0, 0.05) is 54.9 Å². The zero-order chi connectivity index (χ0) is 52.7. The predicted octanol–water partition coefficient (Wildman–Crippen LogP) is 19.5. The van der Waals surface area contributed by atoms with Crippen molar-refractivity contribution in [3.05, 3.63) is 109 Å². The summed E-state index contributed by atoms with van der Waals surface area (Å²) in [5.41, 5.74) is 14.4.